The Morgan fingerprint density at radius 3 is 2.54 bits per heavy atom. The van der Waals surface area contributed by atoms with E-state index >= 15 is 0 Å². The van der Waals surface area contributed by atoms with Crippen molar-refractivity contribution in [1.29, 1.82) is 0 Å². The summed E-state index contributed by atoms with van der Waals surface area (Å²) in [6.45, 7) is 7.98. The van der Waals surface area contributed by atoms with Crippen LogP contribution in [-0.4, -0.2) is 42.3 Å². The summed E-state index contributed by atoms with van der Waals surface area (Å²) in [6, 6.07) is 7.54. The largest absolute Gasteiger partial charge is 0.496 e. The smallest absolute Gasteiger partial charge is 0.330 e. The third kappa shape index (κ3) is 3.43. The van der Waals surface area contributed by atoms with Gasteiger partial charge < -0.3 is 19.9 Å². The van der Waals surface area contributed by atoms with Crippen LogP contribution in [0.1, 0.15) is 52.0 Å². The minimum Gasteiger partial charge on any atom is -0.496 e. The summed E-state index contributed by atoms with van der Waals surface area (Å²) in [5.74, 6) is -0.672. The van der Waals surface area contributed by atoms with Crippen LogP contribution in [0.2, 0.25) is 0 Å². The van der Waals surface area contributed by atoms with Crippen molar-refractivity contribution in [2.75, 3.05) is 13.7 Å². The van der Waals surface area contributed by atoms with Gasteiger partial charge in [-0.2, -0.15) is 0 Å². The first kappa shape index (κ1) is 20.2. The van der Waals surface area contributed by atoms with Gasteiger partial charge in [-0.15, -0.1) is 0 Å². The Morgan fingerprint density at radius 2 is 2.00 bits per heavy atom. The molecule has 0 bridgehead atoms. The maximum Gasteiger partial charge on any atom is 0.330 e. The summed E-state index contributed by atoms with van der Waals surface area (Å²) < 4.78 is 11.0. The van der Waals surface area contributed by atoms with E-state index in [4.69, 9.17) is 9.47 Å². The number of amides is 1. The van der Waals surface area contributed by atoms with E-state index in [9.17, 15) is 14.7 Å². The SMILES string of the molecule is CCOC1CC(NC(=O)CC(C)c2ccccc2OC)(C(=O)O)C1(C)C. The minimum absolute atomic E-state index is 0.0946. The second kappa shape index (κ2) is 7.66. The van der Waals surface area contributed by atoms with Crippen LogP contribution in [0.4, 0.5) is 0 Å². The normalized spacial score (nSPS) is 25.0. The van der Waals surface area contributed by atoms with E-state index in [2.05, 4.69) is 5.32 Å². The number of carbonyl (C=O) groups is 2. The second-order valence-corrected chi connectivity index (χ2v) is 7.48. The van der Waals surface area contributed by atoms with Gasteiger partial charge in [-0.1, -0.05) is 39.0 Å². The molecule has 1 fully saturated rings. The average Bonchev–Trinajstić information content (AvgIpc) is 2.60. The van der Waals surface area contributed by atoms with Gasteiger partial charge in [0.15, 0.2) is 0 Å². The molecule has 0 aliphatic heterocycles. The maximum atomic E-state index is 12.6. The number of benzene rings is 1. The van der Waals surface area contributed by atoms with E-state index < -0.39 is 16.9 Å². The highest BCUT2D eigenvalue weighted by atomic mass is 16.5. The van der Waals surface area contributed by atoms with Crippen molar-refractivity contribution in [2.45, 2.75) is 58.1 Å². The highest BCUT2D eigenvalue weighted by Gasteiger charge is 2.66. The number of carboxylic acid groups (broad SMARTS) is 1. The van der Waals surface area contributed by atoms with Crippen molar-refractivity contribution in [3.05, 3.63) is 29.8 Å². The van der Waals surface area contributed by atoms with Crippen molar-refractivity contribution >= 4 is 11.9 Å². The number of carbonyl (C=O) groups excluding carboxylic acids is 1. The zero-order valence-electron chi connectivity index (χ0n) is 16.2. The Hall–Kier alpha value is -2.08. The lowest BCUT2D eigenvalue weighted by molar-refractivity contribution is -0.194. The Morgan fingerprint density at radius 1 is 1.35 bits per heavy atom. The lowest BCUT2D eigenvalue weighted by atomic mass is 9.54. The maximum absolute atomic E-state index is 12.6. The number of rotatable bonds is 8. The summed E-state index contributed by atoms with van der Waals surface area (Å²) in [6.07, 6.45) is 0.276. The summed E-state index contributed by atoms with van der Waals surface area (Å²) in [5, 5.41) is 12.6. The molecule has 1 saturated carbocycles. The zero-order valence-corrected chi connectivity index (χ0v) is 16.2. The number of hydrogen-bond donors (Lipinski definition) is 2. The molecular weight excluding hydrogens is 334 g/mol. The molecule has 1 aliphatic carbocycles. The lowest BCUT2D eigenvalue weighted by Crippen LogP contribution is -2.76. The zero-order chi connectivity index (χ0) is 19.5. The topological polar surface area (TPSA) is 84.9 Å². The predicted molar refractivity (Wildman–Crippen MR) is 98.3 cm³/mol. The monoisotopic (exact) mass is 363 g/mol. The molecule has 0 aromatic heterocycles. The van der Waals surface area contributed by atoms with Gasteiger partial charge in [-0.05, 0) is 24.5 Å². The van der Waals surface area contributed by atoms with Crippen molar-refractivity contribution in [2.24, 2.45) is 5.41 Å². The van der Waals surface area contributed by atoms with Crippen molar-refractivity contribution in [1.82, 2.24) is 5.32 Å². The molecule has 2 N–H and O–H groups in total. The van der Waals surface area contributed by atoms with Crippen molar-refractivity contribution in [3.63, 3.8) is 0 Å². The van der Waals surface area contributed by atoms with Gasteiger partial charge in [0, 0.05) is 24.9 Å². The molecule has 3 unspecified atom stereocenters. The Kier molecular flexibility index (Phi) is 5.96. The van der Waals surface area contributed by atoms with Gasteiger partial charge in [-0.25, -0.2) is 4.79 Å². The van der Waals surface area contributed by atoms with Gasteiger partial charge >= 0.3 is 5.97 Å². The number of nitrogens with one attached hydrogen (secondary N) is 1. The van der Waals surface area contributed by atoms with Crippen LogP contribution in [0.25, 0.3) is 0 Å². The first-order valence-corrected chi connectivity index (χ1v) is 8.98. The van der Waals surface area contributed by atoms with E-state index in [0.29, 0.717) is 6.61 Å². The average molecular weight is 363 g/mol. The van der Waals surface area contributed by atoms with Crippen LogP contribution in [-0.2, 0) is 14.3 Å². The Bertz CT molecular complexity index is 672. The minimum atomic E-state index is -1.30. The number of ether oxygens (including phenoxy) is 2. The molecule has 1 amide bonds. The summed E-state index contributed by atoms with van der Waals surface area (Å²) in [4.78, 5) is 24.6. The first-order chi connectivity index (χ1) is 12.2. The first-order valence-electron chi connectivity index (χ1n) is 8.98. The molecule has 6 nitrogen and oxygen atoms in total. The third-order valence-corrected chi connectivity index (χ3v) is 5.64. The lowest BCUT2D eigenvalue weighted by Gasteiger charge is -2.58. The Balaban J connectivity index is 2.11. The van der Waals surface area contributed by atoms with Gasteiger partial charge in [0.1, 0.15) is 11.3 Å². The fourth-order valence-electron chi connectivity index (χ4n) is 3.79. The summed E-state index contributed by atoms with van der Waals surface area (Å²) in [7, 11) is 1.59. The predicted octanol–water partition coefficient (Wildman–Crippen LogP) is 2.96. The number of aliphatic carboxylic acids is 1. The van der Waals surface area contributed by atoms with Crippen LogP contribution in [0.3, 0.4) is 0 Å². The second-order valence-electron chi connectivity index (χ2n) is 7.48. The Labute approximate surface area is 154 Å². The molecule has 3 atom stereocenters. The molecule has 1 aromatic rings. The van der Waals surface area contributed by atoms with Gasteiger partial charge in [0.25, 0.3) is 0 Å². The van der Waals surface area contributed by atoms with E-state index in [0.717, 1.165) is 11.3 Å². The number of hydrogen-bond acceptors (Lipinski definition) is 4. The quantitative estimate of drug-likeness (QED) is 0.742. The van der Waals surface area contributed by atoms with Crippen LogP contribution < -0.4 is 10.1 Å². The van der Waals surface area contributed by atoms with Crippen molar-refractivity contribution < 1.29 is 24.2 Å². The third-order valence-electron chi connectivity index (χ3n) is 5.64. The van der Waals surface area contributed by atoms with Crippen molar-refractivity contribution in [3.8, 4) is 5.75 Å². The standard InChI is InChI=1S/C20H29NO5/c1-6-26-16-12-20(18(23)24,19(16,3)4)21-17(22)11-13(2)14-9-7-8-10-15(14)25-5/h7-10,13,16H,6,11-12H2,1-5H3,(H,21,22)(H,23,24). The molecule has 1 aromatic carbocycles. The van der Waals surface area contributed by atoms with Crippen LogP contribution in [0.15, 0.2) is 24.3 Å². The van der Waals surface area contributed by atoms with Gasteiger partial charge in [-0.3, -0.25) is 4.79 Å². The van der Waals surface area contributed by atoms with Gasteiger partial charge in [0.2, 0.25) is 5.91 Å². The molecule has 26 heavy (non-hydrogen) atoms. The number of carboxylic acids is 1. The fraction of sp³-hybridized carbons (Fsp3) is 0.600. The highest BCUT2D eigenvalue weighted by molar-refractivity contribution is 5.89. The number of methoxy groups -OCH3 is 1. The van der Waals surface area contributed by atoms with Crippen LogP contribution >= 0.6 is 0 Å². The molecular formula is C20H29NO5. The molecule has 144 valence electrons. The molecule has 0 heterocycles. The van der Waals surface area contributed by atoms with E-state index in [1.807, 2.05) is 52.0 Å². The highest BCUT2D eigenvalue weighted by Crippen LogP contribution is 2.51. The molecule has 6 heteroatoms. The van der Waals surface area contributed by atoms with E-state index in [1.165, 1.54) is 0 Å². The summed E-state index contributed by atoms with van der Waals surface area (Å²) >= 11 is 0. The van der Waals surface area contributed by atoms with Crippen LogP contribution in [0, 0.1) is 5.41 Å². The summed E-state index contributed by atoms with van der Waals surface area (Å²) in [5.41, 5.74) is -1.06. The fourth-order valence-corrected chi connectivity index (χ4v) is 3.79. The van der Waals surface area contributed by atoms with Crippen LogP contribution in [0.5, 0.6) is 5.75 Å². The van der Waals surface area contributed by atoms with E-state index in [1.54, 1.807) is 7.11 Å². The molecule has 0 saturated heterocycles. The molecule has 0 radical (unpaired) electrons. The van der Waals surface area contributed by atoms with E-state index in [-0.39, 0.29) is 30.8 Å². The molecule has 0 spiro atoms. The van der Waals surface area contributed by atoms with Gasteiger partial charge in [0.05, 0.1) is 13.2 Å². The molecule has 1 aliphatic rings. The molecule has 2 rings (SSSR count). The number of para-hydroxylation sites is 1.